The van der Waals surface area contributed by atoms with Crippen molar-refractivity contribution >= 4 is 29.4 Å². The second kappa shape index (κ2) is 7.33. The largest absolute Gasteiger partial charge is 0.477 e. The molecule has 0 spiro atoms. The number of aliphatic carboxylic acids is 1. The minimum atomic E-state index is -1.10. The molecular formula is C18H25N3O6S. The van der Waals surface area contributed by atoms with E-state index in [1.807, 2.05) is 6.92 Å². The summed E-state index contributed by atoms with van der Waals surface area (Å²) in [6.45, 7) is 4.10. The fraction of sp³-hybridized carbons (Fsp3) is 0.722. The lowest BCUT2D eigenvalue weighted by atomic mass is 9.79. The van der Waals surface area contributed by atoms with Crippen LogP contribution in [0.15, 0.2) is 15.8 Å². The number of hydrogen-bond donors (Lipinski definition) is 4. The predicted octanol–water partition coefficient (Wildman–Crippen LogP) is -0.259. The summed E-state index contributed by atoms with van der Waals surface area (Å²) in [5.74, 6) is -2.08. The lowest BCUT2D eigenvalue weighted by molar-refractivity contribution is -0.163. The number of aliphatic hydroxyl groups excluding tert-OH is 2. The maximum absolute atomic E-state index is 12.4. The summed E-state index contributed by atoms with van der Waals surface area (Å²) in [5, 5.41) is 36.3. The van der Waals surface area contributed by atoms with Crippen molar-refractivity contribution < 1.29 is 29.7 Å². The molecule has 0 aromatic carbocycles. The number of carboxylic acids is 1. The van der Waals surface area contributed by atoms with E-state index in [2.05, 4.69) is 10.5 Å². The van der Waals surface area contributed by atoms with E-state index in [0.29, 0.717) is 23.6 Å². The number of β-lactam (4-membered cyclic amide) rings is 1. The van der Waals surface area contributed by atoms with Crippen LogP contribution < -0.4 is 5.32 Å². The minimum absolute atomic E-state index is 0.0656. The van der Waals surface area contributed by atoms with Crippen LogP contribution in [0.3, 0.4) is 0 Å². The third kappa shape index (κ3) is 3.02. The number of oxime groups is 1. The molecule has 9 nitrogen and oxygen atoms in total. The van der Waals surface area contributed by atoms with Crippen LogP contribution in [0.5, 0.6) is 0 Å². The van der Waals surface area contributed by atoms with E-state index in [4.69, 9.17) is 9.94 Å². The smallest absolute Gasteiger partial charge is 0.353 e. The summed E-state index contributed by atoms with van der Waals surface area (Å²) < 4.78 is 0. The first-order valence-corrected chi connectivity index (χ1v) is 10.4. The topological polar surface area (TPSA) is 132 Å². The Labute approximate surface area is 166 Å². The lowest BCUT2D eigenvalue weighted by Gasteiger charge is -2.46. The number of amides is 1. The van der Waals surface area contributed by atoms with Crippen molar-refractivity contribution in [3.8, 4) is 0 Å². The van der Waals surface area contributed by atoms with Gasteiger partial charge in [-0.2, -0.15) is 0 Å². The molecule has 4 aliphatic rings. The lowest BCUT2D eigenvalue weighted by Crippen LogP contribution is -2.63. The molecule has 4 N–H and O–H groups in total. The highest BCUT2D eigenvalue weighted by molar-refractivity contribution is 8.03. The molecule has 0 aliphatic carbocycles. The van der Waals surface area contributed by atoms with Gasteiger partial charge in [0, 0.05) is 35.1 Å². The van der Waals surface area contributed by atoms with Gasteiger partial charge in [0.1, 0.15) is 11.8 Å². The fourth-order valence-corrected chi connectivity index (χ4v) is 6.22. The summed E-state index contributed by atoms with van der Waals surface area (Å²) in [6.07, 6.45) is 0.451. The van der Waals surface area contributed by atoms with Crippen LogP contribution in [-0.4, -0.2) is 80.5 Å². The normalized spacial score (nSPS) is 38.2. The van der Waals surface area contributed by atoms with Gasteiger partial charge in [-0.25, -0.2) is 4.79 Å². The van der Waals surface area contributed by atoms with Gasteiger partial charge in [0.25, 0.3) is 0 Å². The summed E-state index contributed by atoms with van der Waals surface area (Å²) in [7, 11) is 0. The first kappa shape index (κ1) is 19.7. The molecule has 7 atom stereocenters. The van der Waals surface area contributed by atoms with Gasteiger partial charge in [-0.3, -0.25) is 4.79 Å². The molecule has 4 heterocycles. The Morgan fingerprint density at radius 2 is 2.25 bits per heavy atom. The van der Waals surface area contributed by atoms with Gasteiger partial charge in [-0.15, -0.1) is 11.8 Å². The van der Waals surface area contributed by atoms with Crippen molar-refractivity contribution in [1.29, 1.82) is 0 Å². The fourth-order valence-electron chi connectivity index (χ4n) is 4.72. The van der Waals surface area contributed by atoms with E-state index < -0.39 is 18.0 Å². The molecular weight excluding hydrogens is 386 g/mol. The Morgan fingerprint density at radius 3 is 2.86 bits per heavy atom. The van der Waals surface area contributed by atoms with Gasteiger partial charge in [0.2, 0.25) is 5.91 Å². The van der Waals surface area contributed by atoms with E-state index >= 15 is 0 Å². The maximum atomic E-state index is 12.4. The Bertz CT molecular complexity index is 754. The highest BCUT2D eigenvalue weighted by Crippen LogP contribution is 2.51. The first-order valence-electron chi connectivity index (χ1n) is 9.54. The minimum Gasteiger partial charge on any atom is -0.477 e. The molecule has 2 fully saturated rings. The van der Waals surface area contributed by atoms with E-state index in [0.717, 1.165) is 6.42 Å². The number of fused-ring (bicyclic) bond motifs is 1. The van der Waals surface area contributed by atoms with E-state index in [9.17, 15) is 19.8 Å². The van der Waals surface area contributed by atoms with Gasteiger partial charge in [0.05, 0.1) is 30.4 Å². The number of aliphatic hydroxyl groups is 2. The van der Waals surface area contributed by atoms with Crippen LogP contribution >= 0.6 is 11.8 Å². The number of carboxylic acid groups (broad SMARTS) is 1. The third-order valence-corrected chi connectivity index (χ3v) is 7.63. The summed E-state index contributed by atoms with van der Waals surface area (Å²) in [4.78, 5) is 31.8. The number of nitrogens with one attached hydrogen (secondary N) is 1. The van der Waals surface area contributed by atoms with Crippen LogP contribution in [0.4, 0.5) is 0 Å². The molecule has 1 amide bonds. The summed E-state index contributed by atoms with van der Waals surface area (Å²) >= 11 is 1.51. The van der Waals surface area contributed by atoms with Crippen molar-refractivity contribution in [2.75, 3.05) is 13.2 Å². The average molecular weight is 411 g/mol. The van der Waals surface area contributed by atoms with Gasteiger partial charge in [-0.05, 0) is 13.3 Å². The Kier molecular flexibility index (Phi) is 5.15. The number of carbonyl (C=O) groups is 2. The van der Waals surface area contributed by atoms with Crippen molar-refractivity contribution in [3.63, 3.8) is 0 Å². The zero-order valence-electron chi connectivity index (χ0n) is 15.7. The first-order chi connectivity index (χ1) is 13.3. The maximum Gasteiger partial charge on any atom is 0.353 e. The van der Waals surface area contributed by atoms with Crippen molar-refractivity contribution in [2.45, 2.75) is 56.2 Å². The molecule has 2 saturated heterocycles. The molecule has 4 rings (SSSR count). The molecule has 0 aromatic rings. The van der Waals surface area contributed by atoms with E-state index in [1.54, 1.807) is 6.92 Å². The second-order valence-corrected chi connectivity index (χ2v) is 9.27. The number of rotatable bonds is 6. The molecule has 28 heavy (non-hydrogen) atoms. The monoisotopic (exact) mass is 411 g/mol. The molecule has 1 unspecified atom stereocenters. The Hall–Kier alpha value is -1.62. The van der Waals surface area contributed by atoms with Gasteiger partial charge in [-0.1, -0.05) is 12.1 Å². The zero-order valence-corrected chi connectivity index (χ0v) is 16.6. The number of nitrogens with zero attached hydrogens (tertiary/aromatic N) is 2. The van der Waals surface area contributed by atoms with Crippen LogP contribution in [0.25, 0.3) is 0 Å². The summed E-state index contributed by atoms with van der Waals surface area (Å²) in [5.41, 5.74) is 0.700. The number of carbonyl (C=O) groups excluding carboxylic acids is 1. The molecule has 0 bridgehead atoms. The molecule has 154 valence electrons. The van der Waals surface area contributed by atoms with E-state index in [-0.39, 0.29) is 47.6 Å². The molecule has 0 radical (unpaired) electrons. The molecule has 10 heteroatoms. The predicted molar refractivity (Wildman–Crippen MR) is 101 cm³/mol. The summed E-state index contributed by atoms with van der Waals surface area (Å²) in [6, 6.07) is -0.204. The number of hydrogen-bond acceptors (Lipinski definition) is 8. The van der Waals surface area contributed by atoms with Gasteiger partial charge >= 0.3 is 5.97 Å². The highest BCUT2D eigenvalue weighted by Gasteiger charge is 2.60. The van der Waals surface area contributed by atoms with Crippen molar-refractivity contribution in [3.05, 3.63) is 10.6 Å². The van der Waals surface area contributed by atoms with Crippen LogP contribution in [0, 0.1) is 11.8 Å². The Morgan fingerprint density at radius 1 is 1.50 bits per heavy atom. The van der Waals surface area contributed by atoms with Crippen LogP contribution in [-0.2, 0) is 14.4 Å². The third-order valence-electron chi connectivity index (χ3n) is 6.11. The Balaban J connectivity index is 1.46. The van der Waals surface area contributed by atoms with Gasteiger partial charge in [0.15, 0.2) is 0 Å². The van der Waals surface area contributed by atoms with Crippen molar-refractivity contribution in [2.24, 2.45) is 17.0 Å². The quantitative estimate of drug-likeness (QED) is 0.440. The highest BCUT2D eigenvalue weighted by atomic mass is 32.2. The SMILES string of the molecule is C[C@@H](O)[C@H]1C(=O)N2C(C(=O)O)=C(S[C@@H]3CN[C@H](C4CC(CO)=NO4)C3)[C@H](C)[C@H]12. The second-order valence-electron chi connectivity index (χ2n) is 7.93. The van der Waals surface area contributed by atoms with E-state index in [1.165, 1.54) is 16.7 Å². The van der Waals surface area contributed by atoms with Crippen molar-refractivity contribution in [1.82, 2.24) is 10.2 Å². The molecule has 0 aromatic heterocycles. The number of thioether (sulfide) groups is 1. The van der Waals surface area contributed by atoms with Crippen LogP contribution in [0.2, 0.25) is 0 Å². The standard InChI is InChI=1S/C18H25N3O6S/c1-7-14-13(8(2)23)17(24)21(14)15(18(25)26)16(7)28-10-4-11(19-5-10)12-3-9(6-22)20-27-12/h7-8,10-14,19,22-23H,3-6H2,1-2H3,(H,25,26)/t7-,8-,10+,11+,12?,13-,14-/m1/s1. The average Bonchev–Trinajstić information content (AvgIpc) is 3.33. The zero-order chi connectivity index (χ0) is 20.2. The van der Waals surface area contributed by atoms with Gasteiger partial charge < -0.3 is 30.4 Å². The molecule has 0 saturated carbocycles. The molecule has 4 aliphatic heterocycles. The van der Waals surface area contributed by atoms with Crippen LogP contribution in [0.1, 0.15) is 26.7 Å².